The summed E-state index contributed by atoms with van der Waals surface area (Å²) in [7, 11) is 0. The summed E-state index contributed by atoms with van der Waals surface area (Å²) in [5.41, 5.74) is 1.37. The van der Waals surface area contributed by atoms with Crippen LogP contribution in [0.3, 0.4) is 0 Å². The lowest BCUT2D eigenvalue weighted by molar-refractivity contribution is 0.0520. The van der Waals surface area contributed by atoms with Crippen molar-refractivity contribution in [1.29, 1.82) is 0 Å². The summed E-state index contributed by atoms with van der Waals surface area (Å²) in [6.45, 7) is 2.99. The van der Waals surface area contributed by atoms with E-state index in [9.17, 15) is 9.59 Å². The second-order valence-corrected chi connectivity index (χ2v) is 6.79. The maximum atomic E-state index is 12.5. The summed E-state index contributed by atoms with van der Waals surface area (Å²) < 4.78 is 4.95. The van der Waals surface area contributed by atoms with E-state index >= 15 is 0 Å². The number of thiazole rings is 1. The van der Waals surface area contributed by atoms with Crippen molar-refractivity contribution in [2.24, 2.45) is 0 Å². The van der Waals surface area contributed by atoms with E-state index in [1.807, 2.05) is 30.3 Å². The number of benzene rings is 1. The first kappa shape index (κ1) is 17.4. The predicted octanol–water partition coefficient (Wildman–Crippen LogP) is 3.19. The van der Waals surface area contributed by atoms with Crippen LogP contribution in [-0.4, -0.2) is 34.5 Å². The lowest BCUT2D eigenvalue weighted by Gasteiger charge is -2.21. The molecule has 1 aromatic carbocycles. The van der Waals surface area contributed by atoms with Crippen LogP contribution in [0.25, 0.3) is 0 Å². The minimum atomic E-state index is -0.420. The van der Waals surface area contributed by atoms with Gasteiger partial charge in [0.05, 0.1) is 13.2 Å². The van der Waals surface area contributed by atoms with Gasteiger partial charge in [0.25, 0.3) is 0 Å². The van der Waals surface area contributed by atoms with Crippen LogP contribution in [0.1, 0.15) is 40.8 Å². The molecule has 1 saturated carbocycles. The molecule has 1 aromatic heterocycles. The lowest BCUT2D eigenvalue weighted by atomic mass is 10.2. The number of nitrogens with zero attached hydrogens (tertiary/aromatic N) is 2. The van der Waals surface area contributed by atoms with Crippen LogP contribution >= 0.6 is 11.3 Å². The van der Waals surface area contributed by atoms with Crippen molar-refractivity contribution in [2.45, 2.75) is 38.9 Å². The average Bonchev–Trinajstić information content (AvgIpc) is 3.36. The molecule has 6 nitrogen and oxygen atoms in total. The van der Waals surface area contributed by atoms with Crippen molar-refractivity contribution in [3.63, 3.8) is 0 Å². The third-order valence-corrected chi connectivity index (χ3v) is 4.71. The first-order valence-corrected chi connectivity index (χ1v) is 9.25. The molecule has 0 saturated heterocycles. The summed E-state index contributed by atoms with van der Waals surface area (Å²) in [5, 5.41) is 5.38. The molecule has 0 bridgehead atoms. The van der Waals surface area contributed by atoms with Gasteiger partial charge in [-0.3, -0.25) is 0 Å². The molecule has 132 valence electrons. The van der Waals surface area contributed by atoms with E-state index in [2.05, 4.69) is 10.3 Å². The Morgan fingerprint density at radius 2 is 2.08 bits per heavy atom. The third kappa shape index (κ3) is 4.79. The number of aromatic nitrogens is 1. The van der Waals surface area contributed by atoms with Crippen LogP contribution < -0.4 is 5.32 Å². The molecule has 0 unspecified atom stereocenters. The summed E-state index contributed by atoms with van der Waals surface area (Å²) in [4.78, 5) is 30.4. The second-order valence-electron chi connectivity index (χ2n) is 5.85. The number of urea groups is 1. The fraction of sp³-hybridized carbons (Fsp3) is 0.389. The number of esters is 1. The Balaban J connectivity index is 1.59. The third-order valence-electron chi connectivity index (χ3n) is 3.88. The molecular weight excluding hydrogens is 338 g/mol. The van der Waals surface area contributed by atoms with E-state index in [1.54, 1.807) is 17.2 Å². The van der Waals surface area contributed by atoms with Crippen molar-refractivity contribution < 1.29 is 14.3 Å². The van der Waals surface area contributed by atoms with Gasteiger partial charge in [-0.15, -0.1) is 11.3 Å². The Kier molecular flexibility index (Phi) is 5.65. The van der Waals surface area contributed by atoms with Gasteiger partial charge in [0, 0.05) is 18.0 Å². The molecule has 0 spiro atoms. The van der Waals surface area contributed by atoms with Crippen molar-refractivity contribution >= 4 is 23.3 Å². The summed E-state index contributed by atoms with van der Waals surface area (Å²) >= 11 is 1.38. The first-order chi connectivity index (χ1) is 12.2. The topological polar surface area (TPSA) is 71.5 Å². The van der Waals surface area contributed by atoms with Crippen LogP contribution in [0.2, 0.25) is 0 Å². The molecule has 7 heteroatoms. The van der Waals surface area contributed by atoms with Gasteiger partial charge in [0.1, 0.15) is 5.01 Å². The predicted molar refractivity (Wildman–Crippen MR) is 95.3 cm³/mol. The summed E-state index contributed by atoms with van der Waals surface area (Å²) in [5.74, 6) is -0.420. The standard InChI is InChI=1S/C18H21N3O3S/c1-2-24-17(22)15-12-25-16(20-15)11-21(14-8-9-14)18(23)19-10-13-6-4-3-5-7-13/h3-7,12,14H,2,8-11H2,1H3,(H,19,23). The highest BCUT2D eigenvalue weighted by Gasteiger charge is 2.33. The molecule has 1 fully saturated rings. The van der Waals surface area contributed by atoms with Crippen LogP contribution in [-0.2, 0) is 17.8 Å². The van der Waals surface area contributed by atoms with Crippen LogP contribution in [0.4, 0.5) is 4.79 Å². The number of rotatable bonds is 7. The van der Waals surface area contributed by atoms with Gasteiger partial charge in [0.15, 0.2) is 5.69 Å². The van der Waals surface area contributed by atoms with Gasteiger partial charge in [-0.2, -0.15) is 0 Å². The average molecular weight is 359 g/mol. The van der Waals surface area contributed by atoms with E-state index in [4.69, 9.17) is 4.74 Å². The first-order valence-electron chi connectivity index (χ1n) is 8.37. The smallest absolute Gasteiger partial charge is 0.357 e. The number of hydrogen-bond donors (Lipinski definition) is 1. The maximum Gasteiger partial charge on any atom is 0.357 e. The zero-order valence-corrected chi connectivity index (χ0v) is 14.9. The molecule has 0 atom stereocenters. The van der Waals surface area contributed by atoms with E-state index in [0.29, 0.717) is 25.4 Å². The highest BCUT2D eigenvalue weighted by atomic mass is 32.1. The zero-order valence-electron chi connectivity index (χ0n) is 14.1. The number of amides is 2. The van der Waals surface area contributed by atoms with E-state index in [1.165, 1.54) is 11.3 Å². The molecule has 1 aliphatic rings. The Labute approximate surface area is 150 Å². The Bertz CT molecular complexity index is 728. The van der Waals surface area contributed by atoms with Gasteiger partial charge in [-0.1, -0.05) is 30.3 Å². The summed E-state index contributed by atoms with van der Waals surface area (Å²) in [6, 6.07) is 9.97. The molecule has 25 heavy (non-hydrogen) atoms. The van der Waals surface area contributed by atoms with Crippen LogP contribution in [0.15, 0.2) is 35.7 Å². The van der Waals surface area contributed by atoms with Crippen molar-refractivity contribution in [2.75, 3.05) is 6.61 Å². The highest BCUT2D eigenvalue weighted by Crippen LogP contribution is 2.29. The molecule has 0 aliphatic heterocycles. The molecule has 2 amide bonds. The van der Waals surface area contributed by atoms with Crippen molar-refractivity contribution in [1.82, 2.24) is 15.2 Å². The van der Waals surface area contributed by atoms with Crippen LogP contribution in [0, 0.1) is 0 Å². The molecule has 1 heterocycles. The molecule has 2 aromatic rings. The second kappa shape index (κ2) is 8.11. The van der Waals surface area contributed by atoms with E-state index in [-0.39, 0.29) is 12.1 Å². The number of nitrogens with one attached hydrogen (secondary N) is 1. The number of ether oxygens (including phenoxy) is 1. The molecular formula is C18H21N3O3S. The SMILES string of the molecule is CCOC(=O)c1csc(CN(C(=O)NCc2ccccc2)C2CC2)n1. The number of carbonyl (C=O) groups excluding carboxylic acids is 2. The van der Waals surface area contributed by atoms with Gasteiger partial charge < -0.3 is 15.0 Å². The number of hydrogen-bond acceptors (Lipinski definition) is 5. The minimum Gasteiger partial charge on any atom is -0.461 e. The van der Waals surface area contributed by atoms with E-state index in [0.717, 1.165) is 23.4 Å². The molecule has 0 radical (unpaired) electrons. The Morgan fingerprint density at radius 1 is 1.32 bits per heavy atom. The van der Waals surface area contributed by atoms with Crippen LogP contribution in [0.5, 0.6) is 0 Å². The normalized spacial score (nSPS) is 13.3. The highest BCUT2D eigenvalue weighted by molar-refractivity contribution is 7.09. The molecule has 1 N–H and O–H groups in total. The van der Waals surface area contributed by atoms with E-state index < -0.39 is 5.97 Å². The summed E-state index contributed by atoms with van der Waals surface area (Å²) in [6.07, 6.45) is 2.02. The minimum absolute atomic E-state index is 0.0979. The van der Waals surface area contributed by atoms with Gasteiger partial charge in [-0.25, -0.2) is 14.6 Å². The Hall–Kier alpha value is -2.41. The maximum absolute atomic E-state index is 12.5. The van der Waals surface area contributed by atoms with Gasteiger partial charge >= 0.3 is 12.0 Å². The monoisotopic (exact) mass is 359 g/mol. The van der Waals surface area contributed by atoms with Gasteiger partial charge in [-0.05, 0) is 25.3 Å². The largest absolute Gasteiger partial charge is 0.461 e. The lowest BCUT2D eigenvalue weighted by Crippen LogP contribution is -2.40. The van der Waals surface area contributed by atoms with Crippen molar-refractivity contribution in [3.05, 3.63) is 52.0 Å². The zero-order chi connectivity index (χ0) is 17.6. The Morgan fingerprint density at radius 3 is 2.76 bits per heavy atom. The molecule has 3 rings (SSSR count). The fourth-order valence-electron chi connectivity index (χ4n) is 2.46. The molecule has 1 aliphatic carbocycles. The van der Waals surface area contributed by atoms with Gasteiger partial charge in [0.2, 0.25) is 0 Å². The number of carbonyl (C=O) groups is 2. The quantitative estimate of drug-likeness (QED) is 0.771. The fourth-order valence-corrected chi connectivity index (χ4v) is 3.22. The van der Waals surface area contributed by atoms with Crippen molar-refractivity contribution in [3.8, 4) is 0 Å².